The number of ether oxygens (including phenoxy) is 4. The van der Waals surface area contributed by atoms with Gasteiger partial charge in [-0.1, -0.05) is 60.7 Å². The van der Waals surface area contributed by atoms with Crippen molar-refractivity contribution in [3.05, 3.63) is 201 Å². The molecule has 12 rings (SSSR count). The second kappa shape index (κ2) is 23.9. The van der Waals surface area contributed by atoms with E-state index in [-0.39, 0.29) is 23.1 Å². The zero-order valence-corrected chi connectivity index (χ0v) is 50.7. The van der Waals surface area contributed by atoms with Crippen LogP contribution in [0.5, 0.6) is 11.5 Å². The highest BCUT2D eigenvalue weighted by Gasteiger charge is 2.36. The second-order valence-electron chi connectivity index (χ2n) is 24.5. The topological polar surface area (TPSA) is 146 Å². The van der Waals surface area contributed by atoms with Crippen LogP contribution >= 0.6 is 0 Å². The van der Waals surface area contributed by atoms with E-state index < -0.39 is 47.0 Å². The van der Waals surface area contributed by atoms with Gasteiger partial charge < -0.3 is 29.2 Å². The molecular formula is C72H68F4N4O8. The number of carbonyl (C=O) groups is 2. The van der Waals surface area contributed by atoms with E-state index in [4.69, 9.17) is 28.9 Å². The molecule has 2 aliphatic rings. The number of hydrogen-bond acceptors (Lipinski definition) is 8. The van der Waals surface area contributed by atoms with E-state index in [2.05, 4.69) is 0 Å². The first-order valence-corrected chi connectivity index (χ1v) is 29.3. The van der Waals surface area contributed by atoms with E-state index in [1.54, 1.807) is 65.8 Å². The summed E-state index contributed by atoms with van der Waals surface area (Å²) in [6, 6.07) is 34.7. The van der Waals surface area contributed by atoms with Crippen LogP contribution in [0.1, 0.15) is 111 Å². The van der Waals surface area contributed by atoms with Crippen molar-refractivity contribution in [3.63, 3.8) is 0 Å². The average Bonchev–Trinajstić information content (AvgIpc) is 1.37. The van der Waals surface area contributed by atoms with Gasteiger partial charge in [-0.3, -0.25) is 8.80 Å². The van der Waals surface area contributed by atoms with Gasteiger partial charge in [-0.2, -0.15) is 0 Å². The highest BCUT2D eigenvalue weighted by molar-refractivity contribution is 5.86. The summed E-state index contributed by atoms with van der Waals surface area (Å²) in [5, 5.41) is 20.9. The summed E-state index contributed by atoms with van der Waals surface area (Å²) in [6.07, 6.45) is 3.88. The lowest BCUT2D eigenvalue weighted by molar-refractivity contribution is -0.161. The van der Waals surface area contributed by atoms with Gasteiger partial charge in [-0.05, 0) is 200 Å². The molecule has 0 amide bonds. The molecule has 2 aliphatic heterocycles. The number of rotatable bonds is 12. The van der Waals surface area contributed by atoms with E-state index in [1.165, 1.54) is 36.4 Å². The van der Waals surface area contributed by atoms with Crippen LogP contribution in [0.15, 0.2) is 134 Å². The molecule has 2 N–H and O–H groups in total. The Balaban J connectivity index is 0.000000182. The average molecular weight is 1190 g/mol. The summed E-state index contributed by atoms with van der Waals surface area (Å²) in [4.78, 5) is 35.4. The van der Waals surface area contributed by atoms with Crippen molar-refractivity contribution < 1.29 is 56.3 Å². The summed E-state index contributed by atoms with van der Waals surface area (Å²) in [5.74, 6) is -3.36. The number of benzene rings is 6. The lowest BCUT2D eigenvalue weighted by Crippen LogP contribution is -2.28. The Morgan fingerprint density at radius 2 is 0.875 bits per heavy atom. The van der Waals surface area contributed by atoms with Gasteiger partial charge >= 0.3 is 11.9 Å². The standard InChI is InChI=1S/2C36H34F2N2O4/c2*1-20-16-30-39-29(24-9-6-8-23(17-24)22-11-13-25(37)14-12-22)19-40(30)32(31(20)34(35(41)42)44-36(3,4)5)27-18-28(38)33-26(21(27)2)10-7-15-43-33/h2*6,8-9,11-14,16-19,34H,7,10,15H2,1-5H3,(H,41,42)/t2*34-/m00/s1. The molecule has 4 aromatic heterocycles. The predicted molar refractivity (Wildman–Crippen MR) is 332 cm³/mol. The normalized spacial score (nSPS) is 13.9. The van der Waals surface area contributed by atoms with Gasteiger partial charge in [0.15, 0.2) is 35.3 Å². The van der Waals surface area contributed by atoms with Crippen molar-refractivity contribution in [2.75, 3.05) is 13.2 Å². The van der Waals surface area contributed by atoms with Crippen LogP contribution in [0.4, 0.5) is 17.6 Å². The SMILES string of the molecule is Cc1cc2nc(-c3cccc(-c4ccc(F)cc4)c3)cn2c(-c2cc(F)c3c(c2C)CCCO3)c1[C@H](OC(C)(C)C)C(=O)O.Cc1cc2nc(-c3cccc(-c4ccc(F)cc4)c3)cn2c(-c2cc(F)c3c(c2C)CCCO3)c1[C@H](OC(C)(C)C)C(=O)O. The lowest BCUT2D eigenvalue weighted by atomic mass is 9.89. The van der Waals surface area contributed by atoms with Gasteiger partial charge in [0.05, 0.1) is 47.2 Å². The molecule has 16 heteroatoms. The molecular weight excluding hydrogens is 1120 g/mol. The summed E-state index contributed by atoms with van der Waals surface area (Å²) >= 11 is 0. The minimum Gasteiger partial charge on any atom is -0.490 e. The van der Waals surface area contributed by atoms with Crippen LogP contribution in [-0.2, 0) is 31.9 Å². The molecule has 0 saturated heterocycles. The van der Waals surface area contributed by atoms with Crippen molar-refractivity contribution in [2.24, 2.45) is 0 Å². The van der Waals surface area contributed by atoms with Crippen LogP contribution < -0.4 is 9.47 Å². The fourth-order valence-electron chi connectivity index (χ4n) is 12.0. The molecule has 0 saturated carbocycles. The first kappa shape index (κ1) is 60.6. The molecule has 12 nitrogen and oxygen atoms in total. The molecule has 0 unspecified atom stereocenters. The third-order valence-electron chi connectivity index (χ3n) is 16.0. The Hall–Kier alpha value is -9.12. The Morgan fingerprint density at radius 3 is 1.23 bits per heavy atom. The van der Waals surface area contributed by atoms with Crippen molar-refractivity contribution in [1.29, 1.82) is 0 Å². The summed E-state index contributed by atoms with van der Waals surface area (Å²) < 4.78 is 85.8. The number of halogens is 4. The number of pyridine rings is 2. The van der Waals surface area contributed by atoms with Crippen LogP contribution in [0.2, 0.25) is 0 Å². The lowest BCUT2D eigenvalue weighted by Gasteiger charge is -2.29. The van der Waals surface area contributed by atoms with Crippen LogP contribution in [0.3, 0.4) is 0 Å². The van der Waals surface area contributed by atoms with Gasteiger partial charge in [-0.25, -0.2) is 37.1 Å². The third-order valence-corrected chi connectivity index (χ3v) is 16.0. The number of aryl methyl sites for hydroxylation is 2. The largest absolute Gasteiger partial charge is 0.490 e. The minimum absolute atomic E-state index is 0.257. The Bertz CT molecular complexity index is 4090. The molecule has 452 valence electrons. The second-order valence-corrected chi connectivity index (χ2v) is 24.5. The monoisotopic (exact) mass is 1190 g/mol. The van der Waals surface area contributed by atoms with Crippen LogP contribution in [0, 0.1) is 51.0 Å². The number of imidazole rings is 2. The molecule has 88 heavy (non-hydrogen) atoms. The van der Waals surface area contributed by atoms with E-state index in [1.807, 2.05) is 110 Å². The van der Waals surface area contributed by atoms with Gasteiger partial charge in [0.1, 0.15) is 22.9 Å². The number of carboxylic acids is 2. The highest BCUT2D eigenvalue weighted by Crippen LogP contribution is 2.45. The van der Waals surface area contributed by atoms with E-state index in [9.17, 15) is 28.6 Å². The number of nitrogens with zero attached hydrogens (tertiary/aromatic N) is 4. The Kier molecular flexibility index (Phi) is 16.4. The quantitative estimate of drug-likeness (QED) is 0.113. The van der Waals surface area contributed by atoms with E-state index in [0.29, 0.717) is 93.5 Å². The Morgan fingerprint density at radius 1 is 0.511 bits per heavy atom. The number of aromatic nitrogens is 4. The van der Waals surface area contributed by atoms with Gasteiger partial charge in [0.2, 0.25) is 0 Å². The fourth-order valence-corrected chi connectivity index (χ4v) is 12.0. The van der Waals surface area contributed by atoms with E-state index >= 15 is 8.78 Å². The van der Waals surface area contributed by atoms with Gasteiger partial charge in [0.25, 0.3) is 0 Å². The van der Waals surface area contributed by atoms with E-state index in [0.717, 1.165) is 68.5 Å². The van der Waals surface area contributed by atoms with Crippen molar-refractivity contribution in [3.8, 4) is 78.8 Å². The maximum absolute atomic E-state index is 15.6. The fraction of sp³-hybridized carbons (Fsp3) is 0.278. The third kappa shape index (κ3) is 12.1. The smallest absolute Gasteiger partial charge is 0.337 e. The molecule has 0 fully saturated rings. The zero-order valence-electron chi connectivity index (χ0n) is 50.7. The van der Waals surface area contributed by atoms with Crippen LogP contribution in [-0.4, -0.2) is 65.3 Å². The number of hydrogen-bond donors (Lipinski definition) is 2. The van der Waals surface area contributed by atoms with Gasteiger partial charge in [-0.15, -0.1) is 0 Å². The minimum atomic E-state index is -1.32. The van der Waals surface area contributed by atoms with Crippen molar-refractivity contribution in [1.82, 2.24) is 18.8 Å². The van der Waals surface area contributed by atoms with Crippen molar-refractivity contribution in [2.45, 2.75) is 118 Å². The first-order valence-electron chi connectivity index (χ1n) is 29.3. The summed E-state index contributed by atoms with van der Waals surface area (Å²) in [5.41, 5.74) is 13.6. The maximum Gasteiger partial charge on any atom is 0.337 e. The van der Waals surface area contributed by atoms with Gasteiger partial charge in [0, 0.05) is 56.9 Å². The molecule has 0 radical (unpaired) electrons. The molecule has 0 aliphatic carbocycles. The highest BCUT2D eigenvalue weighted by atomic mass is 19.1. The summed E-state index contributed by atoms with van der Waals surface area (Å²) in [6.45, 7) is 19.2. The number of aliphatic carboxylic acids is 2. The van der Waals surface area contributed by atoms with Crippen LogP contribution in [0.25, 0.3) is 78.6 Å². The molecule has 0 bridgehead atoms. The molecule has 0 spiro atoms. The number of carboxylic acid groups (broad SMARTS) is 2. The predicted octanol–water partition coefficient (Wildman–Crippen LogP) is 17.0. The molecule has 6 aromatic carbocycles. The maximum atomic E-state index is 15.6. The molecule has 2 atom stereocenters. The Labute approximate surface area is 508 Å². The molecule has 10 aromatic rings. The van der Waals surface area contributed by atoms with Crippen molar-refractivity contribution >= 4 is 23.2 Å². The summed E-state index contributed by atoms with van der Waals surface area (Å²) in [7, 11) is 0. The zero-order chi connectivity index (χ0) is 62.7. The number of fused-ring (bicyclic) bond motifs is 4. The first-order chi connectivity index (χ1) is 41.8. The molecule has 6 heterocycles.